The third kappa shape index (κ3) is 5.40. The quantitative estimate of drug-likeness (QED) is 0.478. The fraction of sp³-hybridized carbons (Fsp3) is 0.484. The van der Waals surface area contributed by atoms with Crippen molar-refractivity contribution in [2.24, 2.45) is 11.7 Å². The maximum absolute atomic E-state index is 13.3. The topological polar surface area (TPSA) is 129 Å². The van der Waals surface area contributed by atoms with Gasteiger partial charge in [0.25, 0.3) is 11.8 Å². The van der Waals surface area contributed by atoms with E-state index in [1.807, 2.05) is 24.3 Å². The Morgan fingerprint density at radius 3 is 2.40 bits per heavy atom. The number of piperidine rings is 2. The molecular formula is C31H38N6O5. The SMILES string of the molecule is COc1cc(N2CCN(CC3CCN(c4ccccc4C(N)=O)CC3)CC2)cc2c1C(=O)N(C1CCC(=O)NC1=O)C2. The summed E-state index contributed by atoms with van der Waals surface area (Å²) in [6.07, 6.45) is 2.72. The van der Waals surface area contributed by atoms with Gasteiger partial charge in [0.05, 0.1) is 18.2 Å². The molecule has 11 heteroatoms. The second kappa shape index (κ2) is 11.6. The first-order valence-electron chi connectivity index (χ1n) is 14.8. The van der Waals surface area contributed by atoms with Gasteiger partial charge in [-0.2, -0.15) is 0 Å². The number of carbonyl (C=O) groups excluding carboxylic acids is 4. The molecule has 1 unspecified atom stereocenters. The highest BCUT2D eigenvalue weighted by Crippen LogP contribution is 2.37. The first-order valence-corrected chi connectivity index (χ1v) is 14.8. The van der Waals surface area contributed by atoms with Crippen LogP contribution in [0.15, 0.2) is 36.4 Å². The Morgan fingerprint density at radius 1 is 0.976 bits per heavy atom. The Bertz CT molecular complexity index is 1400. The van der Waals surface area contributed by atoms with E-state index in [0.717, 1.165) is 75.6 Å². The molecule has 4 amide bonds. The summed E-state index contributed by atoms with van der Waals surface area (Å²) in [5, 5.41) is 2.36. The van der Waals surface area contributed by atoms with Crippen LogP contribution < -0.4 is 25.6 Å². The van der Waals surface area contributed by atoms with Gasteiger partial charge in [-0.3, -0.25) is 29.4 Å². The predicted octanol–water partition coefficient (Wildman–Crippen LogP) is 1.59. The van der Waals surface area contributed by atoms with Crippen molar-refractivity contribution in [1.82, 2.24) is 15.1 Å². The molecule has 4 aliphatic rings. The number of nitrogens with two attached hydrogens (primary N) is 1. The van der Waals surface area contributed by atoms with Crippen LogP contribution in [0, 0.1) is 5.92 Å². The minimum absolute atomic E-state index is 0.225. The molecule has 0 saturated carbocycles. The number of piperazine rings is 1. The van der Waals surface area contributed by atoms with E-state index < -0.39 is 11.9 Å². The van der Waals surface area contributed by atoms with E-state index in [0.29, 0.717) is 35.8 Å². The van der Waals surface area contributed by atoms with Crippen molar-refractivity contribution < 1.29 is 23.9 Å². The molecule has 6 rings (SSSR count). The standard InChI is InChI=1S/C31H38N6O5/c1-42-26-17-22(16-21-19-37(31(41)28(21)26)25-6-7-27(38)33-30(25)40)35-14-12-34(13-15-35)18-20-8-10-36(11-9-20)24-5-3-2-4-23(24)29(32)39/h2-5,16-17,20,25H,6-15,18-19H2,1H3,(H2,32,39)(H,33,38,40). The fourth-order valence-corrected chi connectivity index (χ4v) is 6.87. The second-order valence-electron chi connectivity index (χ2n) is 11.7. The van der Waals surface area contributed by atoms with Crippen molar-refractivity contribution in [3.63, 3.8) is 0 Å². The van der Waals surface area contributed by atoms with Crippen molar-refractivity contribution in [2.45, 2.75) is 38.3 Å². The zero-order chi connectivity index (χ0) is 29.4. The summed E-state index contributed by atoms with van der Waals surface area (Å²) in [7, 11) is 1.57. The summed E-state index contributed by atoms with van der Waals surface area (Å²) < 4.78 is 5.65. The third-order valence-electron chi connectivity index (χ3n) is 9.17. The van der Waals surface area contributed by atoms with Crippen molar-refractivity contribution in [2.75, 3.05) is 62.7 Å². The van der Waals surface area contributed by atoms with Crippen LogP contribution in [0.3, 0.4) is 0 Å². The molecule has 222 valence electrons. The number of primary amides is 1. The summed E-state index contributed by atoms with van der Waals surface area (Å²) in [5.41, 5.74) is 9.50. The van der Waals surface area contributed by atoms with E-state index in [1.165, 1.54) is 0 Å². The lowest BCUT2D eigenvalue weighted by molar-refractivity contribution is -0.136. The van der Waals surface area contributed by atoms with Crippen LogP contribution in [0.5, 0.6) is 5.75 Å². The lowest BCUT2D eigenvalue weighted by atomic mass is 9.95. The van der Waals surface area contributed by atoms with Crippen LogP contribution in [-0.4, -0.2) is 92.4 Å². The minimum Gasteiger partial charge on any atom is -0.496 e. The van der Waals surface area contributed by atoms with Gasteiger partial charge in [0.2, 0.25) is 11.8 Å². The number of nitrogens with zero attached hydrogens (tertiary/aromatic N) is 4. The summed E-state index contributed by atoms with van der Waals surface area (Å²) in [4.78, 5) is 58.0. The molecule has 4 heterocycles. The number of anilines is 2. The molecule has 3 N–H and O–H groups in total. The van der Waals surface area contributed by atoms with Gasteiger partial charge in [0, 0.05) is 76.2 Å². The van der Waals surface area contributed by atoms with Crippen molar-refractivity contribution in [3.8, 4) is 5.75 Å². The number of rotatable bonds is 7. The van der Waals surface area contributed by atoms with E-state index >= 15 is 0 Å². The van der Waals surface area contributed by atoms with Gasteiger partial charge in [0.15, 0.2) is 0 Å². The molecule has 4 aliphatic heterocycles. The lowest BCUT2D eigenvalue weighted by Crippen LogP contribution is -2.52. The number of hydrogen-bond donors (Lipinski definition) is 2. The van der Waals surface area contributed by atoms with Crippen LogP contribution >= 0.6 is 0 Å². The Balaban J connectivity index is 1.05. The maximum Gasteiger partial charge on any atom is 0.258 e. The minimum atomic E-state index is -0.649. The van der Waals surface area contributed by atoms with Crippen LogP contribution in [0.1, 0.15) is 52.0 Å². The monoisotopic (exact) mass is 574 g/mol. The molecule has 0 aromatic heterocycles. The van der Waals surface area contributed by atoms with Gasteiger partial charge in [0.1, 0.15) is 11.8 Å². The number of ether oxygens (including phenoxy) is 1. The number of benzene rings is 2. The highest BCUT2D eigenvalue weighted by atomic mass is 16.5. The van der Waals surface area contributed by atoms with E-state index in [4.69, 9.17) is 10.5 Å². The van der Waals surface area contributed by atoms with E-state index in [-0.39, 0.29) is 24.1 Å². The van der Waals surface area contributed by atoms with Gasteiger partial charge in [-0.15, -0.1) is 0 Å². The molecule has 3 fully saturated rings. The predicted molar refractivity (Wildman–Crippen MR) is 158 cm³/mol. The zero-order valence-electron chi connectivity index (χ0n) is 24.0. The van der Waals surface area contributed by atoms with Crippen LogP contribution in [0.2, 0.25) is 0 Å². The number of methoxy groups -OCH3 is 1. The van der Waals surface area contributed by atoms with Gasteiger partial charge >= 0.3 is 0 Å². The third-order valence-corrected chi connectivity index (χ3v) is 9.17. The van der Waals surface area contributed by atoms with Crippen molar-refractivity contribution in [1.29, 1.82) is 0 Å². The van der Waals surface area contributed by atoms with E-state index in [2.05, 4.69) is 26.1 Å². The second-order valence-corrected chi connectivity index (χ2v) is 11.7. The molecule has 1 atom stereocenters. The Hall–Kier alpha value is -4.12. The van der Waals surface area contributed by atoms with Crippen molar-refractivity contribution >= 4 is 35.0 Å². The molecule has 42 heavy (non-hydrogen) atoms. The van der Waals surface area contributed by atoms with Crippen LogP contribution in [-0.2, 0) is 16.1 Å². The van der Waals surface area contributed by atoms with E-state index in [9.17, 15) is 19.2 Å². The average molecular weight is 575 g/mol. The molecule has 0 spiro atoms. The summed E-state index contributed by atoms with van der Waals surface area (Å²) >= 11 is 0. The number of amides is 4. The zero-order valence-corrected chi connectivity index (χ0v) is 24.0. The largest absolute Gasteiger partial charge is 0.496 e. The molecular weight excluding hydrogens is 536 g/mol. The molecule has 11 nitrogen and oxygen atoms in total. The summed E-state index contributed by atoms with van der Waals surface area (Å²) in [6, 6.07) is 10.9. The molecule has 3 saturated heterocycles. The van der Waals surface area contributed by atoms with Crippen molar-refractivity contribution in [3.05, 3.63) is 53.1 Å². The first-order chi connectivity index (χ1) is 20.3. The number of para-hydroxylation sites is 1. The van der Waals surface area contributed by atoms with Gasteiger partial charge in [-0.05, 0) is 48.9 Å². The molecule has 0 aliphatic carbocycles. The number of hydrogen-bond acceptors (Lipinski definition) is 8. The number of imide groups is 1. The highest BCUT2D eigenvalue weighted by Gasteiger charge is 2.41. The molecule has 2 aromatic carbocycles. The normalized spacial score (nSPS) is 21.9. The molecule has 0 bridgehead atoms. The fourth-order valence-electron chi connectivity index (χ4n) is 6.87. The molecule has 2 aromatic rings. The molecule has 0 radical (unpaired) electrons. The highest BCUT2D eigenvalue weighted by molar-refractivity contribution is 6.07. The van der Waals surface area contributed by atoms with Gasteiger partial charge < -0.3 is 25.2 Å². The number of nitrogens with one attached hydrogen (secondary N) is 1. The number of carbonyl (C=O) groups is 4. The summed E-state index contributed by atoms with van der Waals surface area (Å²) in [6.45, 7) is 6.86. The van der Waals surface area contributed by atoms with Gasteiger partial charge in [-0.1, -0.05) is 12.1 Å². The summed E-state index contributed by atoms with van der Waals surface area (Å²) in [5.74, 6) is -0.186. The Labute approximate surface area is 245 Å². The van der Waals surface area contributed by atoms with E-state index in [1.54, 1.807) is 18.1 Å². The maximum atomic E-state index is 13.3. The lowest BCUT2D eigenvalue weighted by Gasteiger charge is -2.40. The van der Waals surface area contributed by atoms with Gasteiger partial charge in [-0.25, -0.2) is 0 Å². The van der Waals surface area contributed by atoms with Crippen LogP contribution in [0.4, 0.5) is 11.4 Å². The smallest absolute Gasteiger partial charge is 0.258 e. The first kappa shape index (κ1) is 28.0. The average Bonchev–Trinajstić information content (AvgIpc) is 3.33. The van der Waals surface area contributed by atoms with Crippen LogP contribution in [0.25, 0.3) is 0 Å². The Morgan fingerprint density at radius 2 is 1.71 bits per heavy atom. The number of fused-ring (bicyclic) bond motifs is 1. The Kier molecular flexibility index (Phi) is 7.76.